The van der Waals surface area contributed by atoms with Gasteiger partial charge in [0.2, 0.25) is 20.0 Å². The lowest BCUT2D eigenvalue weighted by molar-refractivity contribution is -0.790. The van der Waals surface area contributed by atoms with Gasteiger partial charge in [-0.05, 0) is 12.1 Å². The maximum atomic E-state index is 12.8. The molecule has 3 N–H and O–H groups in total. The highest BCUT2D eigenvalue weighted by Crippen LogP contribution is 2.35. The first-order valence-electron chi connectivity index (χ1n) is 8.06. The van der Waals surface area contributed by atoms with Gasteiger partial charge in [-0.15, -0.1) is 20.2 Å². The van der Waals surface area contributed by atoms with E-state index >= 15 is 0 Å². The fourth-order valence-corrected chi connectivity index (χ4v) is 5.03. The van der Waals surface area contributed by atoms with Gasteiger partial charge in [-0.3, -0.25) is 4.79 Å². The van der Waals surface area contributed by atoms with Crippen LogP contribution in [0.1, 0.15) is 0 Å². The van der Waals surface area contributed by atoms with Crippen molar-refractivity contribution in [1.82, 2.24) is 4.31 Å². The van der Waals surface area contributed by atoms with Crippen molar-refractivity contribution in [2.45, 2.75) is 15.9 Å². The van der Waals surface area contributed by atoms with Crippen LogP contribution in [0, 0.1) is 20.2 Å². The molecular weight excluding hydrogens is 506 g/mol. The van der Waals surface area contributed by atoms with Gasteiger partial charge in [-0.1, -0.05) is 11.6 Å². The second kappa shape index (κ2) is 9.65. The molecule has 0 amide bonds. The molecule has 1 heterocycles. The number of nitrogens with two attached hydrogens (primary N) is 1. The van der Waals surface area contributed by atoms with Crippen molar-refractivity contribution < 1.29 is 46.2 Å². The number of ether oxygens (including phenoxy) is 1. The zero-order valence-electron chi connectivity index (χ0n) is 15.6. The number of esters is 1. The summed E-state index contributed by atoms with van der Waals surface area (Å²) in [7, 11) is -8.78. The van der Waals surface area contributed by atoms with Gasteiger partial charge in [-0.25, -0.2) is 22.0 Å². The van der Waals surface area contributed by atoms with E-state index in [1.54, 1.807) is 0 Å². The Balaban J connectivity index is 2.13. The fourth-order valence-electron chi connectivity index (χ4n) is 2.39. The lowest BCUT2D eigenvalue weighted by atomic mass is 10.3. The number of nitrogens with zero attached hydrogens (tertiary/aromatic N) is 3. The number of carbonyl (C=O) groups excluding carboxylic acids is 1. The van der Waals surface area contributed by atoms with Crippen LogP contribution in [0.2, 0.25) is 5.02 Å². The van der Waals surface area contributed by atoms with Crippen molar-refractivity contribution in [3.63, 3.8) is 0 Å². The summed E-state index contributed by atoms with van der Waals surface area (Å²) in [6.07, 6.45) is -1.66. The number of benzene rings is 1. The molecule has 0 saturated heterocycles. The molecule has 20 heteroatoms. The van der Waals surface area contributed by atoms with E-state index in [1.165, 1.54) is 0 Å². The van der Waals surface area contributed by atoms with Crippen LogP contribution >= 0.6 is 11.6 Å². The number of hydrogen-bond acceptors (Lipinski definition) is 13. The largest absolute Gasteiger partial charge is 0.462 e. The van der Waals surface area contributed by atoms with Gasteiger partial charge >= 0.3 is 5.97 Å². The van der Waals surface area contributed by atoms with Crippen molar-refractivity contribution in [3.05, 3.63) is 37.4 Å². The maximum absolute atomic E-state index is 12.8. The number of carbonyl (C=O) groups is 1. The predicted molar refractivity (Wildman–Crippen MR) is 101 cm³/mol. The first kappa shape index (κ1) is 25.3. The SMILES string of the molecule is NS(=O)(=O)c1cc2c(cc1Cl)NCN(CC(=O)OC[C@H](CO[N+](=O)[O-])O[N+](=O)[O-])S2(=O)=O. The molecule has 1 aliphatic rings. The third-order valence-corrected chi connectivity index (χ3v) is 6.95. The summed E-state index contributed by atoms with van der Waals surface area (Å²) in [6, 6.07) is 1.77. The van der Waals surface area contributed by atoms with E-state index < -0.39 is 78.5 Å². The van der Waals surface area contributed by atoms with Crippen LogP contribution in [0.3, 0.4) is 0 Å². The number of sulfonamides is 2. The average molecular weight is 520 g/mol. The molecule has 1 atom stereocenters. The van der Waals surface area contributed by atoms with E-state index in [-0.39, 0.29) is 10.7 Å². The highest BCUT2D eigenvalue weighted by atomic mass is 35.5. The van der Waals surface area contributed by atoms with E-state index in [4.69, 9.17) is 16.7 Å². The lowest BCUT2D eigenvalue weighted by Crippen LogP contribution is -2.43. The van der Waals surface area contributed by atoms with Crippen LogP contribution in [-0.2, 0) is 39.3 Å². The zero-order valence-corrected chi connectivity index (χ0v) is 18.0. The predicted octanol–water partition coefficient (Wildman–Crippen LogP) is -1.31. The van der Waals surface area contributed by atoms with Crippen LogP contribution in [0.15, 0.2) is 21.9 Å². The molecule has 0 unspecified atom stereocenters. The molecule has 0 spiro atoms. The summed E-state index contributed by atoms with van der Waals surface area (Å²) in [5.41, 5.74) is -0.0385. The van der Waals surface area contributed by atoms with Crippen molar-refractivity contribution >= 4 is 43.3 Å². The number of nitrogens with one attached hydrogen (secondary N) is 1. The van der Waals surface area contributed by atoms with Crippen LogP contribution in [-0.4, -0.2) is 69.8 Å². The van der Waals surface area contributed by atoms with Crippen molar-refractivity contribution in [3.8, 4) is 0 Å². The molecule has 0 radical (unpaired) electrons. The van der Waals surface area contributed by atoms with Gasteiger partial charge in [0.05, 0.1) is 17.4 Å². The monoisotopic (exact) mass is 519 g/mol. The van der Waals surface area contributed by atoms with E-state index in [0.29, 0.717) is 4.31 Å². The molecule has 1 aromatic carbocycles. The van der Waals surface area contributed by atoms with Crippen LogP contribution in [0.25, 0.3) is 0 Å². The lowest BCUT2D eigenvalue weighted by Gasteiger charge is -2.29. The molecule has 0 aliphatic carbocycles. The average Bonchev–Trinajstić information content (AvgIpc) is 2.64. The molecule has 1 aliphatic heterocycles. The Kier molecular flexibility index (Phi) is 7.62. The van der Waals surface area contributed by atoms with Crippen LogP contribution in [0.5, 0.6) is 0 Å². The number of rotatable bonds is 10. The number of primary sulfonamides is 1. The minimum atomic E-state index is -4.42. The third kappa shape index (κ3) is 6.26. The maximum Gasteiger partial charge on any atom is 0.321 e. The number of anilines is 1. The third-order valence-electron chi connectivity index (χ3n) is 3.74. The Morgan fingerprint density at radius 3 is 2.50 bits per heavy atom. The second-order valence-electron chi connectivity index (χ2n) is 5.93. The molecule has 0 saturated carbocycles. The summed E-state index contributed by atoms with van der Waals surface area (Å²) in [4.78, 5) is 39.4. The molecule has 0 fully saturated rings. The molecule has 0 aromatic heterocycles. The summed E-state index contributed by atoms with van der Waals surface area (Å²) in [5, 5.41) is 25.4. The number of fused-ring (bicyclic) bond motifs is 1. The highest BCUT2D eigenvalue weighted by molar-refractivity contribution is 7.90. The van der Waals surface area contributed by atoms with Crippen LogP contribution in [0.4, 0.5) is 5.69 Å². The molecular formula is C12H14ClN5O12S2. The Hall–Kier alpha value is -3.00. The summed E-state index contributed by atoms with van der Waals surface area (Å²) in [6.45, 7) is -3.13. The first-order chi connectivity index (χ1) is 14.7. The highest BCUT2D eigenvalue weighted by Gasteiger charge is 2.35. The molecule has 2 rings (SSSR count). The Morgan fingerprint density at radius 1 is 1.28 bits per heavy atom. The first-order valence-corrected chi connectivity index (χ1v) is 11.4. The second-order valence-corrected chi connectivity index (χ2v) is 9.77. The Morgan fingerprint density at radius 2 is 1.94 bits per heavy atom. The Labute approximate surface area is 184 Å². The summed E-state index contributed by atoms with van der Waals surface area (Å²) in [5.74, 6) is -1.20. The van der Waals surface area contributed by atoms with Gasteiger partial charge in [0, 0.05) is 0 Å². The van der Waals surface area contributed by atoms with E-state index in [2.05, 4.69) is 19.7 Å². The van der Waals surface area contributed by atoms with Crippen molar-refractivity contribution in [2.75, 3.05) is 31.7 Å². The smallest absolute Gasteiger partial charge is 0.321 e. The van der Waals surface area contributed by atoms with Crippen molar-refractivity contribution in [2.24, 2.45) is 5.14 Å². The normalized spacial score (nSPS) is 16.2. The van der Waals surface area contributed by atoms with Gasteiger partial charge in [0.15, 0.2) is 6.10 Å². The van der Waals surface area contributed by atoms with Gasteiger partial charge in [0.1, 0.15) is 29.5 Å². The number of halogens is 1. The van der Waals surface area contributed by atoms with Crippen molar-refractivity contribution in [1.29, 1.82) is 0 Å². The van der Waals surface area contributed by atoms with E-state index in [9.17, 15) is 41.9 Å². The molecule has 32 heavy (non-hydrogen) atoms. The summed E-state index contributed by atoms with van der Waals surface area (Å²) >= 11 is 5.82. The summed E-state index contributed by atoms with van der Waals surface area (Å²) < 4.78 is 54.0. The topological polar surface area (TPSA) is 241 Å². The quantitative estimate of drug-likeness (QED) is 0.207. The Bertz CT molecular complexity index is 1140. The fraction of sp³-hybridized carbons (Fsp3) is 0.417. The molecule has 0 bridgehead atoms. The van der Waals surface area contributed by atoms with Crippen LogP contribution < -0.4 is 10.5 Å². The minimum Gasteiger partial charge on any atom is -0.462 e. The molecule has 17 nitrogen and oxygen atoms in total. The number of hydrogen-bond donors (Lipinski definition) is 2. The standard InChI is InChI=1S/C12H14ClN5O12S2/c13-8-1-9-11(2-10(8)31(14,24)25)32(26,27)16(6-15-9)3-12(19)28-4-7(30-18(22)23)5-29-17(20)21/h1-2,7,15H,3-6H2,(H2,14,24,25)/t7-/m1/s1. The van der Waals surface area contributed by atoms with Gasteiger partial charge in [-0.2, -0.15) is 4.31 Å². The van der Waals surface area contributed by atoms with E-state index in [1.807, 2.05) is 0 Å². The molecule has 178 valence electrons. The molecule has 1 aromatic rings. The van der Waals surface area contributed by atoms with Gasteiger partial charge in [0.25, 0.3) is 10.2 Å². The van der Waals surface area contributed by atoms with E-state index in [0.717, 1.165) is 12.1 Å². The minimum absolute atomic E-state index is 0.0385. The zero-order chi connectivity index (χ0) is 24.3. The van der Waals surface area contributed by atoms with Gasteiger partial charge < -0.3 is 19.7 Å².